The Hall–Kier alpha value is -1.07. The van der Waals surface area contributed by atoms with E-state index in [4.69, 9.17) is 9.47 Å². The first kappa shape index (κ1) is 14.0. The highest BCUT2D eigenvalue weighted by Crippen LogP contribution is 2.31. The molecule has 0 saturated heterocycles. The molecule has 0 fully saturated rings. The number of hydrogen-bond donors (Lipinski definition) is 0. The van der Waals surface area contributed by atoms with E-state index >= 15 is 0 Å². The van der Waals surface area contributed by atoms with Crippen molar-refractivity contribution in [2.45, 2.75) is 19.8 Å². The SMILES string of the molecule is CCOc1cc(C(C)CS(=O)[O-])ccc1OC. The van der Waals surface area contributed by atoms with Gasteiger partial charge < -0.3 is 14.0 Å². The lowest BCUT2D eigenvalue weighted by atomic mass is 10.0. The van der Waals surface area contributed by atoms with E-state index in [1.54, 1.807) is 13.2 Å². The number of hydrogen-bond acceptors (Lipinski definition) is 4. The van der Waals surface area contributed by atoms with E-state index < -0.39 is 11.1 Å². The van der Waals surface area contributed by atoms with Gasteiger partial charge in [0.25, 0.3) is 0 Å². The van der Waals surface area contributed by atoms with Crippen molar-refractivity contribution in [2.75, 3.05) is 19.5 Å². The molecule has 0 spiro atoms. The van der Waals surface area contributed by atoms with Gasteiger partial charge in [-0.1, -0.05) is 24.1 Å². The maximum absolute atomic E-state index is 10.7. The molecule has 0 aliphatic heterocycles. The number of ether oxygens (including phenoxy) is 2. The molecule has 96 valence electrons. The zero-order chi connectivity index (χ0) is 12.8. The highest BCUT2D eigenvalue weighted by atomic mass is 32.2. The van der Waals surface area contributed by atoms with Gasteiger partial charge in [-0.15, -0.1) is 0 Å². The van der Waals surface area contributed by atoms with Crippen LogP contribution in [0.2, 0.25) is 0 Å². The van der Waals surface area contributed by atoms with Crippen LogP contribution in [-0.2, 0) is 11.1 Å². The van der Waals surface area contributed by atoms with Crippen LogP contribution in [-0.4, -0.2) is 28.2 Å². The van der Waals surface area contributed by atoms with E-state index in [9.17, 15) is 8.76 Å². The van der Waals surface area contributed by atoms with Crippen LogP contribution in [0.15, 0.2) is 18.2 Å². The normalized spacial score (nSPS) is 14.1. The third-order valence-corrected chi connectivity index (χ3v) is 3.21. The third-order valence-electron chi connectivity index (χ3n) is 2.44. The average Bonchev–Trinajstić information content (AvgIpc) is 2.28. The Balaban J connectivity index is 2.94. The molecule has 1 aromatic carbocycles. The molecule has 0 saturated carbocycles. The van der Waals surface area contributed by atoms with Gasteiger partial charge in [0.05, 0.1) is 13.7 Å². The molecule has 0 aliphatic rings. The second-order valence-electron chi connectivity index (χ2n) is 3.71. The second-order valence-corrected chi connectivity index (χ2v) is 4.66. The van der Waals surface area contributed by atoms with Gasteiger partial charge in [-0.3, -0.25) is 4.21 Å². The minimum absolute atomic E-state index is 0.0570. The predicted octanol–water partition coefficient (Wildman–Crippen LogP) is 2.08. The lowest BCUT2D eigenvalue weighted by Crippen LogP contribution is -2.06. The first-order chi connectivity index (χ1) is 8.08. The van der Waals surface area contributed by atoms with E-state index in [1.165, 1.54) is 0 Å². The molecule has 5 heteroatoms. The van der Waals surface area contributed by atoms with E-state index in [1.807, 2.05) is 26.0 Å². The van der Waals surface area contributed by atoms with Gasteiger partial charge in [0.1, 0.15) is 0 Å². The summed E-state index contributed by atoms with van der Waals surface area (Å²) in [6.07, 6.45) is 0. The summed E-state index contributed by atoms with van der Waals surface area (Å²) in [4.78, 5) is 0. The molecule has 1 aromatic rings. The Labute approximate surface area is 104 Å². The number of benzene rings is 1. The van der Waals surface area contributed by atoms with E-state index in [0.717, 1.165) is 5.56 Å². The van der Waals surface area contributed by atoms with Crippen LogP contribution in [0.1, 0.15) is 25.3 Å². The fourth-order valence-electron chi connectivity index (χ4n) is 1.57. The van der Waals surface area contributed by atoms with Crippen LogP contribution < -0.4 is 9.47 Å². The average molecular weight is 257 g/mol. The van der Waals surface area contributed by atoms with Gasteiger partial charge in [-0.2, -0.15) is 0 Å². The molecule has 2 atom stereocenters. The first-order valence-corrected chi connectivity index (χ1v) is 6.69. The molecule has 0 radical (unpaired) electrons. The summed E-state index contributed by atoms with van der Waals surface area (Å²) in [7, 11) is 1.58. The number of rotatable bonds is 6. The number of methoxy groups -OCH3 is 1. The Morgan fingerprint density at radius 1 is 1.41 bits per heavy atom. The van der Waals surface area contributed by atoms with Gasteiger partial charge in [-0.25, -0.2) is 0 Å². The van der Waals surface area contributed by atoms with Crippen LogP contribution in [0.3, 0.4) is 0 Å². The topological polar surface area (TPSA) is 58.6 Å². The summed E-state index contributed by atoms with van der Waals surface area (Å²) in [6, 6.07) is 5.49. The summed E-state index contributed by atoms with van der Waals surface area (Å²) in [6.45, 7) is 4.30. The third kappa shape index (κ3) is 4.02. The molecular weight excluding hydrogens is 240 g/mol. The fourth-order valence-corrected chi connectivity index (χ4v) is 2.17. The Bertz CT molecular complexity index is 392. The molecule has 0 aliphatic carbocycles. The monoisotopic (exact) mass is 257 g/mol. The summed E-state index contributed by atoms with van der Waals surface area (Å²) in [5.41, 5.74) is 0.929. The van der Waals surface area contributed by atoms with E-state index in [-0.39, 0.29) is 11.7 Å². The summed E-state index contributed by atoms with van der Waals surface area (Å²) >= 11 is -2.04. The molecule has 0 N–H and O–H groups in total. The van der Waals surface area contributed by atoms with Crippen LogP contribution in [0.25, 0.3) is 0 Å². The van der Waals surface area contributed by atoms with Crippen LogP contribution in [0.4, 0.5) is 0 Å². The van der Waals surface area contributed by atoms with Crippen LogP contribution in [0.5, 0.6) is 11.5 Å². The van der Waals surface area contributed by atoms with Crippen LogP contribution in [0, 0.1) is 0 Å². The Kier molecular flexibility index (Phi) is 5.44. The van der Waals surface area contributed by atoms with Crippen molar-refractivity contribution in [1.82, 2.24) is 0 Å². The lowest BCUT2D eigenvalue weighted by Gasteiger charge is -2.16. The van der Waals surface area contributed by atoms with Gasteiger partial charge >= 0.3 is 0 Å². The highest BCUT2D eigenvalue weighted by molar-refractivity contribution is 7.79. The maximum atomic E-state index is 10.7. The molecule has 0 aromatic heterocycles. The summed E-state index contributed by atoms with van der Waals surface area (Å²) < 4.78 is 31.9. The molecular formula is C12H17O4S-. The van der Waals surface area contributed by atoms with Crippen LogP contribution >= 0.6 is 0 Å². The fraction of sp³-hybridized carbons (Fsp3) is 0.500. The van der Waals surface area contributed by atoms with Crippen molar-refractivity contribution in [3.63, 3.8) is 0 Å². The standard InChI is InChI=1S/C12H18O4S/c1-4-16-12-7-10(5-6-11(12)15-3)9(2)8-17(13)14/h5-7,9H,4,8H2,1-3H3,(H,13,14)/p-1. The predicted molar refractivity (Wildman–Crippen MR) is 66.4 cm³/mol. The highest BCUT2D eigenvalue weighted by Gasteiger charge is 2.10. The minimum Gasteiger partial charge on any atom is -0.772 e. The zero-order valence-corrected chi connectivity index (χ0v) is 11.1. The van der Waals surface area contributed by atoms with Gasteiger partial charge in [0, 0.05) is 5.75 Å². The largest absolute Gasteiger partial charge is 0.772 e. The molecule has 0 bridgehead atoms. The Morgan fingerprint density at radius 3 is 2.65 bits per heavy atom. The van der Waals surface area contributed by atoms with Crippen molar-refractivity contribution in [3.8, 4) is 11.5 Å². The van der Waals surface area contributed by atoms with Gasteiger partial charge in [0.15, 0.2) is 11.5 Å². The van der Waals surface area contributed by atoms with Crippen molar-refractivity contribution in [2.24, 2.45) is 0 Å². The molecule has 2 unspecified atom stereocenters. The summed E-state index contributed by atoms with van der Waals surface area (Å²) in [5.74, 6) is 1.36. The first-order valence-electron chi connectivity index (χ1n) is 5.45. The smallest absolute Gasteiger partial charge is 0.161 e. The van der Waals surface area contributed by atoms with Crippen molar-refractivity contribution >= 4 is 11.1 Å². The maximum Gasteiger partial charge on any atom is 0.161 e. The quantitative estimate of drug-likeness (QED) is 0.732. The van der Waals surface area contributed by atoms with E-state index in [0.29, 0.717) is 18.1 Å². The van der Waals surface area contributed by atoms with Crippen molar-refractivity contribution < 1.29 is 18.2 Å². The lowest BCUT2D eigenvalue weighted by molar-refractivity contribution is 0.310. The zero-order valence-electron chi connectivity index (χ0n) is 10.3. The van der Waals surface area contributed by atoms with E-state index in [2.05, 4.69) is 0 Å². The second kappa shape index (κ2) is 6.61. The molecule has 4 nitrogen and oxygen atoms in total. The molecule has 0 heterocycles. The molecule has 0 amide bonds. The molecule has 1 rings (SSSR count). The van der Waals surface area contributed by atoms with Gasteiger partial charge in [0.2, 0.25) is 0 Å². The van der Waals surface area contributed by atoms with Crippen molar-refractivity contribution in [3.05, 3.63) is 23.8 Å². The van der Waals surface area contributed by atoms with Gasteiger partial charge in [-0.05, 0) is 30.5 Å². The Morgan fingerprint density at radius 2 is 2.12 bits per heavy atom. The minimum atomic E-state index is -2.04. The van der Waals surface area contributed by atoms with Crippen molar-refractivity contribution in [1.29, 1.82) is 0 Å². The molecule has 17 heavy (non-hydrogen) atoms. The summed E-state index contributed by atoms with van der Waals surface area (Å²) in [5, 5.41) is 0.